The molecule has 3 heteroatoms. The lowest BCUT2D eigenvalue weighted by molar-refractivity contribution is 0.466. The summed E-state index contributed by atoms with van der Waals surface area (Å²) >= 11 is 0. The summed E-state index contributed by atoms with van der Waals surface area (Å²) in [4.78, 5) is 0. The van der Waals surface area contributed by atoms with Crippen molar-refractivity contribution in [2.45, 2.75) is 0 Å². The van der Waals surface area contributed by atoms with Crippen LogP contribution >= 0.6 is 0 Å². The third-order valence-corrected chi connectivity index (χ3v) is 7.82. The molecule has 182 valence electrons. The van der Waals surface area contributed by atoms with E-state index in [9.17, 15) is 0 Å². The van der Waals surface area contributed by atoms with Gasteiger partial charge in [0.05, 0.1) is 0 Å². The van der Waals surface area contributed by atoms with E-state index in [-0.39, 0.29) is 6.71 Å². The monoisotopic (exact) mass is 498 g/mol. The van der Waals surface area contributed by atoms with Crippen molar-refractivity contribution in [1.29, 1.82) is 0 Å². The molecule has 0 saturated heterocycles. The van der Waals surface area contributed by atoms with Gasteiger partial charge in [-0.15, -0.1) is 0 Å². The van der Waals surface area contributed by atoms with Gasteiger partial charge in [0.25, 0.3) is 6.71 Å². The molecule has 8 rings (SSSR count). The summed E-state index contributed by atoms with van der Waals surface area (Å²) in [6, 6.07) is 48.8. The molecule has 0 aliphatic carbocycles. The number of benzene rings is 6. The molecule has 2 heterocycles. The van der Waals surface area contributed by atoms with E-state index in [4.69, 9.17) is 9.47 Å². The Bertz CT molecular complexity index is 1840. The van der Waals surface area contributed by atoms with Gasteiger partial charge in [0.15, 0.2) is 0 Å². The average Bonchev–Trinajstić information content (AvgIpc) is 3.01. The maximum Gasteiger partial charge on any atom is 0.260 e. The Hall–Kier alpha value is -5.02. The minimum Gasteiger partial charge on any atom is -0.458 e. The summed E-state index contributed by atoms with van der Waals surface area (Å²) in [5.41, 5.74) is 10.2. The van der Waals surface area contributed by atoms with Crippen molar-refractivity contribution < 1.29 is 9.47 Å². The van der Waals surface area contributed by atoms with E-state index in [0.717, 1.165) is 61.6 Å². The summed E-state index contributed by atoms with van der Waals surface area (Å²) in [7, 11) is 0. The SMILES string of the molecule is c1ccc(-c2ccc3c(c2)Oc2ccc(-c4ccccc4)c4c2B3c2ccc(-c3ccccc3)cc2O4)cc1. The Morgan fingerprint density at radius 1 is 0.385 bits per heavy atom. The molecule has 2 nitrogen and oxygen atoms in total. The van der Waals surface area contributed by atoms with Gasteiger partial charge in [0, 0.05) is 11.0 Å². The minimum absolute atomic E-state index is 0.0146. The molecule has 0 saturated carbocycles. The zero-order valence-corrected chi connectivity index (χ0v) is 21.2. The van der Waals surface area contributed by atoms with Gasteiger partial charge >= 0.3 is 0 Å². The summed E-state index contributed by atoms with van der Waals surface area (Å²) in [5.74, 6) is 3.51. The number of rotatable bonds is 3. The van der Waals surface area contributed by atoms with Crippen molar-refractivity contribution in [3.63, 3.8) is 0 Å². The average molecular weight is 498 g/mol. The third-order valence-electron chi connectivity index (χ3n) is 7.82. The van der Waals surface area contributed by atoms with Gasteiger partial charge in [-0.2, -0.15) is 0 Å². The van der Waals surface area contributed by atoms with Crippen LogP contribution in [-0.2, 0) is 0 Å². The number of hydrogen-bond acceptors (Lipinski definition) is 2. The lowest BCUT2D eigenvalue weighted by Crippen LogP contribution is -2.57. The fourth-order valence-corrected chi connectivity index (χ4v) is 5.95. The Kier molecular flexibility index (Phi) is 4.96. The molecule has 2 aliphatic heterocycles. The summed E-state index contributed by atoms with van der Waals surface area (Å²) < 4.78 is 13.4. The number of ether oxygens (including phenoxy) is 2. The molecule has 0 spiro atoms. The second-order valence-corrected chi connectivity index (χ2v) is 10.1. The zero-order valence-electron chi connectivity index (χ0n) is 21.2. The first kappa shape index (κ1) is 22.0. The molecule has 0 amide bonds. The molecule has 0 N–H and O–H groups in total. The molecular formula is C36H23BO2. The van der Waals surface area contributed by atoms with Crippen molar-refractivity contribution in [1.82, 2.24) is 0 Å². The second kappa shape index (κ2) is 8.78. The van der Waals surface area contributed by atoms with Gasteiger partial charge < -0.3 is 9.47 Å². The van der Waals surface area contributed by atoms with Crippen molar-refractivity contribution in [3.05, 3.63) is 140 Å². The van der Waals surface area contributed by atoms with Gasteiger partial charge in [-0.3, -0.25) is 0 Å². The number of hydrogen-bond donors (Lipinski definition) is 0. The smallest absolute Gasteiger partial charge is 0.260 e. The van der Waals surface area contributed by atoms with Crippen LogP contribution in [0, 0.1) is 0 Å². The largest absolute Gasteiger partial charge is 0.458 e. The van der Waals surface area contributed by atoms with Crippen molar-refractivity contribution in [2.24, 2.45) is 0 Å². The maximum absolute atomic E-state index is 6.80. The highest BCUT2D eigenvalue weighted by molar-refractivity contribution is 6.98. The highest BCUT2D eigenvalue weighted by atomic mass is 16.5. The molecule has 0 unspecified atom stereocenters. The Balaban J connectivity index is 1.35. The molecule has 0 fully saturated rings. The van der Waals surface area contributed by atoms with E-state index in [1.165, 1.54) is 11.1 Å². The van der Waals surface area contributed by atoms with Crippen LogP contribution in [0.15, 0.2) is 140 Å². The molecule has 6 aromatic rings. The van der Waals surface area contributed by atoms with E-state index < -0.39 is 0 Å². The molecule has 39 heavy (non-hydrogen) atoms. The van der Waals surface area contributed by atoms with Crippen molar-refractivity contribution in [3.8, 4) is 56.4 Å². The topological polar surface area (TPSA) is 18.5 Å². The number of fused-ring (bicyclic) bond motifs is 4. The van der Waals surface area contributed by atoms with Gasteiger partial charge in [-0.25, -0.2) is 0 Å². The van der Waals surface area contributed by atoms with E-state index in [0.29, 0.717) is 0 Å². The fraction of sp³-hybridized carbons (Fsp3) is 0. The van der Waals surface area contributed by atoms with Gasteiger partial charge in [-0.1, -0.05) is 115 Å². The predicted molar refractivity (Wildman–Crippen MR) is 160 cm³/mol. The zero-order chi connectivity index (χ0) is 25.8. The van der Waals surface area contributed by atoms with Crippen LogP contribution in [0.2, 0.25) is 0 Å². The first-order valence-corrected chi connectivity index (χ1v) is 13.3. The van der Waals surface area contributed by atoms with Crippen LogP contribution in [0.1, 0.15) is 0 Å². The lowest BCUT2D eigenvalue weighted by atomic mass is 9.34. The Morgan fingerprint density at radius 3 is 1.46 bits per heavy atom. The fourth-order valence-electron chi connectivity index (χ4n) is 5.95. The molecule has 0 bridgehead atoms. The van der Waals surface area contributed by atoms with E-state index in [1.54, 1.807) is 0 Å². The van der Waals surface area contributed by atoms with Crippen molar-refractivity contribution >= 4 is 23.1 Å². The lowest BCUT2D eigenvalue weighted by Gasteiger charge is -2.34. The highest BCUT2D eigenvalue weighted by Gasteiger charge is 2.41. The summed E-state index contributed by atoms with van der Waals surface area (Å²) in [5, 5.41) is 0. The first-order chi connectivity index (χ1) is 19.3. The van der Waals surface area contributed by atoms with Crippen LogP contribution in [0.4, 0.5) is 0 Å². The second-order valence-electron chi connectivity index (χ2n) is 10.1. The Labute approximate surface area is 228 Å². The van der Waals surface area contributed by atoms with Crippen LogP contribution < -0.4 is 25.9 Å². The van der Waals surface area contributed by atoms with Crippen LogP contribution in [0.25, 0.3) is 33.4 Å². The molecule has 2 aliphatic rings. The summed E-state index contributed by atoms with van der Waals surface area (Å²) in [6.45, 7) is 0.0146. The predicted octanol–water partition coefficient (Wildman–Crippen LogP) is 7.42. The molecule has 0 aromatic heterocycles. The van der Waals surface area contributed by atoms with E-state index in [1.807, 2.05) is 18.2 Å². The highest BCUT2D eigenvalue weighted by Crippen LogP contribution is 2.42. The van der Waals surface area contributed by atoms with Gasteiger partial charge in [0.2, 0.25) is 0 Å². The first-order valence-electron chi connectivity index (χ1n) is 13.3. The van der Waals surface area contributed by atoms with E-state index >= 15 is 0 Å². The van der Waals surface area contributed by atoms with Gasteiger partial charge in [-0.05, 0) is 63.0 Å². The van der Waals surface area contributed by atoms with Crippen LogP contribution in [0.3, 0.4) is 0 Å². The van der Waals surface area contributed by atoms with Gasteiger partial charge in [0.1, 0.15) is 23.0 Å². The molecular weight excluding hydrogens is 475 g/mol. The third kappa shape index (κ3) is 3.59. The van der Waals surface area contributed by atoms with Crippen LogP contribution in [-0.4, -0.2) is 6.71 Å². The van der Waals surface area contributed by atoms with E-state index in [2.05, 4.69) is 121 Å². The quantitative estimate of drug-likeness (QED) is 0.236. The normalized spacial score (nSPS) is 12.5. The molecule has 0 radical (unpaired) electrons. The minimum atomic E-state index is 0.0146. The molecule has 6 aromatic carbocycles. The molecule has 0 atom stereocenters. The Morgan fingerprint density at radius 2 is 0.897 bits per heavy atom. The maximum atomic E-state index is 6.80. The standard InChI is InChI=1S/C36H23BO2/c1-4-10-24(11-5-1)27-16-19-30-33(22-27)38-32-21-18-29(26-14-8-3-9-15-26)36-35(32)37(30)31-20-17-28(23-34(31)39-36)25-12-6-2-7-13-25/h1-23H. The van der Waals surface area contributed by atoms with Crippen molar-refractivity contribution in [2.75, 3.05) is 0 Å². The van der Waals surface area contributed by atoms with Crippen LogP contribution in [0.5, 0.6) is 23.0 Å². The summed E-state index contributed by atoms with van der Waals surface area (Å²) in [6.07, 6.45) is 0.